The molecule has 0 saturated carbocycles. The van der Waals surface area contributed by atoms with Gasteiger partial charge in [0.15, 0.2) is 0 Å². The Morgan fingerprint density at radius 3 is 2.19 bits per heavy atom. The van der Waals surface area contributed by atoms with Gasteiger partial charge in [-0.15, -0.1) is 0 Å². The molecule has 3 N–H and O–H groups in total. The molecule has 0 aliphatic carbocycles. The third-order valence-electron chi connectivity index (χ3n) is 4.76. The van der Waals surface area contributed by atoms with Crippen LogP contribution in [0.5, 0.6) is 0 Å². The summed E-state index contributed by atoms with van der Waals surface area (Å²) in [6.07, 6.45) is 0. The molecule has 0 aromatic heterocycles. The third-order valence-corrected chi connectivity index (χ3v) is 8.59. The Morgan fingerprint density at radius 1 is 0.944 bits per heavy atom. The summed E-state index contributed by atoms with van der Waals surface area (Å²) in [5.74, 6) is -1.32. The first-order chi connectivity index (χ1) is 16.7. The van der Waals surface area contributed by atoms with E-state index in [1.165, 1.54) is 37.3 Å². The number of hydrogen-bond donors (Lipinski definition) is 3. The number of sulfonamides is 2. The number of anilines is 2. The van der Waals surface area contributed by atoms with E-state index in [9.17, 15) is 26.0 Å². The van der Waals surface area contributed by atoms with E-state index >= 15 is 0 Å². The van der Waals surface area contributed by atoms with Crippen LogP contribution < -0.4 is 14.8 Å². The molecule has 0 spiro atoms. The molecule has 3 rings (SSSR count). The summed E-state index contributed by atoms with van der Waals surface area (Å²) < 4.78 is 70.5. The minimum Gasteiger partial charge on any atom is -0.352 e. The molecule has 14 heteroatoms. The second kappa shape index (κ2) is 10.9. The van der Waals surface area contributed by atoms with Gasteiger partial charge in [0.1, 0.15) is 10.7 Å². The fourth-order valence-electron chi connectivity index (χ4n) is 3.11. The van der Waals surface area contributed by atoms with Crippen molar-refractivity contribution in [3.8, 4) is 0 Å². The molecule has 8 nitrogen and oxygen atoms in total. The number of benzene rings is 3. The van der Waals surface area contributed by atoms with Gasteiger partial charge >= 0.3 is 0 Å². The van der Waals surface area contributed by atoms with Crippen molar-refractivity contribution < 1.29 is 26.0 Å². The zero-order chi connectivity index (χ0) is 26.8. The van der Waals surface area contributed by atoms with E-state index in [-0.39, 0.29) is 42.9 Å². The normalized spacial score (nSPS) is 11.7. The SMILES string of the molecule is CCNC(=O)c1cc(NS(=O)(=O)c2cc(Cl)cc(Cl)c2)ccc1S(=O)(=O)Nc1cc(Br)c(F)cc1C. The third kappa shape index (κ3) is 6.48. The Balaban J connectivity index is 2.05. The number of amides is 1. The van der Waals surface area contributed by atoms with Crippen LogP contribution in [0.2, 0.25) is 10.0 Å². The number of halogens is 4. The topological polar surface area (TPSA) is 121 Å². The zero-order valence-electron chi connectivity index (χ0n) is 18.7. The molecule has 0 atom stereocenters. The molecule has 0 unspecified atom stereocenters. The van der Waals surface area contributed by atoms with E-state index in [2.05, 4.69) is 30.7 Å². The molecule has 1 amide bonds. The van der Waals surface area contributed by atoms with Crippen molar-refractivity contribution in [3.05, 3.63) is 80.0 Å². The Bertz CT molecular complexity index is 1550. The van der Waals surface area contributed by atoms with Gasteiger partial charge in [-0.25, -0.2) is 21.2 Å². The lowest BCUT2D eigenvalue weighted by molar-refractivity contribution is 0.0952. The highest BCUT2D eigenvalue weighted by Crippen LogP contribution is 2.29. The van der Waals surface area contributed by atoms with Gasteiger partial charge in [0.25, 0.3) is 26.0 Å². The van der Waals surface area contributed by atoms with Crippen molar-refractivity contribution in [3.63, 3.8) is 0 Å². The van der Waals surface area contributed by atoms with Gasteiger partial charge in [0.05, 0.1) is 20.6 Å². The molecular weight excluding hydrogens is 620 g/mol. The summed E-state index contributed by atoms with van der Waals surface area (Å²) >= 11 is 14.8. The summed E-state index contributed by atoms with van der Waals surface area (Å²) in [4.78, 5) is 12.1. The van der Waals surface area contributed by atoms with Gasteiger partial charge in [0, 0.05) is 22.3 Å². The molecular formula is C22H19BrCl2FN3O5S2. The Hall–Kier alpha value is -2.38. The molecule has 3 aromatic carbocycles. The van der Waals surface area contributed by atoms with Crippen molar-refractivity contribution in [1.29, 1.82) is 0 Å². The average Bonchev–Trinajstić information content (AvgIpc) is 2.76. The maximum Gasteiger partial charge on any atom is 0.262 e. The fourth-order valence-corrected chi connectivity index (χ4v) is 6.54. The highest BCUT2D eigenvalue weighted by molar-refractivity contribution is 9.10. The summed E-state index contributed by atoms with van der Waals surface area (Å²) in [5.41, 5.74) is 0.00986. The van der Waals surface area contributed by atoms with Crippen LogP contribution in [0.25, 0.3) is 0 Å². The smallest absolute Gasteiger partial charge is 0.262 e. The Morgan fingerprint density at radius 2 is 1.58 bits per heavy atom. The highest BCUT2D eigenvalue weighted by atomic mass is 79.9. The summed E-state index contributed by atoms with van der Waals surface area (Å²) in [5, 5.41) is 2.70. The first-order valence-electron chi connectivity index (χ1n) is 10.1. The fraction of sp³-hybridized carbons (Fsp3) is 0.136. The van der Waals surface area contributed by atoms with Crippen molar-refractivity contribution in [2.75, 3.05) is 16.0 Å². The largest absolute Gasteiger partial charge is 0.352 e. The summed E-state index contributed by atoms with van der Waals surface area (Å²) in [6.45, 7) is 3.34. The number of aryl methyl sites for hydroxylation is 1. The number of carbonyl (C=O) groups is 1. The van der Waals surface area contributed by atoms with Crippen LogP contribution in [-0.2, 0) is 20.0 Å². The van der Waals surface area contributed by atoms with Gasteiger partial charge in [-0.1, -0.05) is 23.2 Å². The lowest BCUT2D eigenvalue weighted by Crippen LogP contribution is -2.26. The van der Waals surface area contributed by atoms with Gasteiger partial charge in [-0.3, -0.25) is 14.2 Å². The molecule has 0 saturated heterocycles. The predicted octanol–water partition coefficient (Wildman–Crippen LogP) is 5.55. The van der Waals surface area contributed by atoms with Gasteiger partial charge < -0.3 is 5.32 Å². The molecule has 0 aliphatic rings. The number of carbonyl (C=O) groups excluding carboxylic acids is 1. The van der Waals surface area contributed by atoms with E-state index in [0.29, 0.717) is 5.56 Å². The van der Waals surface area contributed by atoms with Crippen LogP contribution in [0.4, 0.5) is 15.8 Å². The molecule has 0 fully saturated rings. The monoisotopic (exact) mass is 637 g/mol. The molecule has 0 aliphatic heterocycles. The van der Waals surface area contributed by atoms with Crippen LogP contribution in [-0.4, -0.2) is 29.3 Å². The first-order valence-corrected chi connectivity index (χ1v) is 14.6. The predicted molar refractivity (Wildman–Crippen MR) is 141 cm³/mol. The molecule has 0 heterocycles. The zero-order valence-corrected chi connectivity index (χ0v) is 23.4. The van der Waals surface area contributed by atoms with Gasteiger partial charge in [-0.05, 0) is 83.9 Å². The standard InChI is InChI=1S/C22H19BrCl2FN3O5S2/c1-3-27-22(30)17-10-15(28-35(31,32)16-8-13(24)7-14(25)9-16)4-5-21(17)36(33,34)29-20-11-18(23)19(26)6-12(20)2/h4-11,28-29H,3H2,1-2H3,(H,27,30). The van der Waals surface area contributed by atoms with E-state index in [1.807, 2.05) is 0 Å². The number of rotatable bonds is 8. The summed E-state index contributed by atoms with van der Waals surface area (Å²) in [6, 6.07) is 9.51. The van der Waals surface area contributed by atoms with E-state index in [4.69, 9.17) is 23.2 Å². The lowest BCUT2D eigenvalue weighted by Gasteiger charge is -2.16. The van der Waals surface area contributed by atoms with E-state index in [1.54, 1.807) is 6.92 Å². The quantitative estimate of drug-likeness (QED) is 0.299. The van der Waals surface area contributed by atoms with Crippen LogP contribution in [0.3, 0.4) is 0 Å². The Kier molecular flexibility index (Phi) is 8.56. The minimum absolute atomic E-state index is 0.0422. The molecule has 0 bridgehead atoms. The van der Waals surface area contributed by atoms with Crippen LogP contribution in [0, 0.1) is 12.7 Å². The minimum atomic E-state index is -4.35. The first kappa shape index (κ1) is 28.2. The summed E-state index contributed by atoms with van der Waals surface area (Å²) in [7, 11) is -8.53. The lowest BCUT2D eigenvalue weighted by atomic mass is 10.2. The molecule has 0 radical (unpaired) electrons. The second-order valence-corrected chi connectivity index (χ2v) is 12.5. The van der Waals surface area contributed by atoms with Crippen LogP contribution in [0.1, 0.15) is 22.8 Å². The van der Waals surface area contributed by atoms with Gasteiger partial charge in [-0.2, -0.15) is 0 Å². The van der Waals surface area contributed by atoms with Crippen molar-refractivity contribution in [2.45, 2.75) is 23.6 Å². The molecule has 192 valence electrons. The van der Waals surface area contributed by atoms with Crippen molar-refractivity contribution in [1.82, 2.24) is 5.32 Å². The second-order valence-electron chi connectivity index (χ2n) is 7.47. The highest BCUT2D eigenvalue weighted by Gasteiger charge is 2.25. The Labute approximate surface area is 226 Å². The van der Waals surface area contributed by atoms with Crippen LogP contribution >= 0.6 is 39.1 Å². The van der Waals surface area contributed by atoms with Crippen molar-refractivity contribution in [2.24, 2.45) is 0 Å². The maximum atomic E-state index is 13.8. The van der Waals surface area contributed by atoms with Crippen molar-refractivity contribution >= 4 is 76.5 Å². The van der Waals surface area contributed by atoms with Gasteiger partial charge in [0.2, 0.25) is 0 Å². The maximum absolute atomic E-state index is 13.8. The average molecular weight is 639 g/mol. The number of hydrogen-bond acceptors (Lipinski definition) is 5. The molecule has 36 heavy (non-hydrogen) atoms. The van der Waals surface area contributed by atoms with Crippen LogP contribution in [0.15, 0.2) is 62.8 Å². The van der Waals surface area contributed by atoms with E-state index in [0.717, 1.165) is 18.2 Å². The number of nitrogens with one attached hydrogen (secondary N) is 3. The van der Waals surface area contributed by atoms with E-state index < -0.39 is 36.7 Å². The molecule has 3 aromatic rings.